The number of hydrazone groups is 1. The number of thiocarbonyl (C=S) groups is 1. The molecule has 5 nitrogen and oxygen atoms in total. The third-order valence-corrected chi connectivity index (χ3v) is 4.70. The lowest BCUT2D eigenvalue weighted by Gasteiger charge is -2.30. The zero-order valence-electron chi connectivity index (χ0n) is 13.4. The number of hydrogen-bond acceptors (Lipinski definition) is 3. The molecule has 0 unspecified atom stereocenters. The van der Waals surface area contributed by atoms with Crippen LogP contribution in [0.2, 0.25) is 0 Å². The van der Waals surface area contributed by atoms with Crippen LogP contribution in [0.15, 0.2) is 11.2 Å². The van der Waals surface area contributed by atoms with E-state index >= 15 is 0 Å². The minimum absolute atomic E-state index is 0.438. The molecule has 0 aliphatic heterocycles. The van der Waals surface area contributed by atoms with E-state index in [-0.39, 0.29) is 0 Å². The van der Waals surface area contributed by atoms with Crippen molar-refractivity contribution < 1.29 is 0 Å². The average molecular weight is 317 g/mol. The summed E-state index contributed by atoms with van der Waals surface area (Å²) in [6, 6.07) is 4.41. The Labute approximate surface area is 137 Å². The second-order valence-corrected chi connectivity index (χ2v) is 6.36. The highest BCUT2D eigenvalue weighted by atomic mass is 32.1. The number of nitrogens with zero attached hydrogens (tertiary/aromatic N) is 3. The lowest BCUT2D eigenvalue weighted by Crippen LogP contribution is -2.44. The van der Waals surface area contributed by atoms with E-state index in [4.69, 9.17) is 17.5 Å². The topological polar surface area (TPSA) is 65.1 Å². The number of aromatic nitrogens is 1. The van der Waals surface area contributed by atoms with Crippen LogP contribution in [0, 0.1) is 24.2 Å². The largest absolute Gasteiger partial charge is 0.358 e. The summed E-state index contributed by atoms with van der Waals surface area (Å²) in [7, 11) is 1.87. The van der Waals surface area contributed by atoms with Crippen LogP contribution < -0.4 is 10.7 Å². The molecule has 22 heavy (non-hydrogen) atoms. The Morgan fingerprint density at radius 3 is 2.86 bits per heavy atom. The Balaban J connectivity index is 1.89. The van der Waals surface area contributed by atoms with Crippen LogP contribution in [0.25, 0.3) is 0 Å². The van der Waals surface area contributed by atoms with Crippen LogP contribution in [0.4, 0.5) is 0 Å². The molecule has 1 aliphatic carbocycles. The van der Waals surface area contributed by atoms with Crippen LogP contribution in [-0.2, 0) is 7.05 Å². The van der Waals surface area contributed by atoms with Gasteiger partial charge in [-0.05, 0) is 44.0 Å². The lowest BCUT2D eigenvalue weighted by molar-refractivity contribution is 0.308. The first-order valence-electron chi connectivity index (χ1n) is 7.69. The summed E-state index contributed by atoms with van der Waals surface area (Å²) >= 11 is 5.30. The summed E-state index contributed by atoms with van der Waals surface area (Å²) in [6.07, 6.45) is 6.69. The van der Waals surface area contributed by atoms with Crippen molar-refractivity contribution in [2.24, 2.45) is 18.1 Å². The third kappa shape index (κ3) is 3.86. The highest BCUT2D eigenvalue weighted by Gasteiger charge is 2.21. The van der Waals surface area contributed by atoms with E-state index in [1.54, 1.807) is 6.21 Å². The summed E-state index contributed by atoms with van der Waals surface area (Å²) in [6.45, 7) is 4.22. The predicted octanol–water partition coefficient (Wildman–Crippen LogP) is 2.58. The summed E-state index contributed by atoms with van der Waals surface area (Å²) in [5.41, 5.74) is 5.41. The number of hydrogen-bond donors (Lipinski definition) is 2. The van der Waals surface area contributed by atoms with Crippen molar-refractivity contribution in [2.75, 3.05) is 0 Å². The molecule has 1 aromatic rings. The maximum atomic E-state index is 9.02. The molecular weight excluding hydrogens is 294 g/mol. The van der Waals surface area contributed by atoms with E-state index in [1.165, 1.54) is 19.3 Å². The molecule has 0 amide bonds. The highest BCUT2D eigenvalue weighted by molar-refractivity contribution is 7.80. The fourth-order valence-electron chi connectivity index (χ4n) is 2.85. The maximum Gasteiger partial charge on any atom is 0.187 e. The van der Waals surface area contributed by atoms with E-state index in [0.717, 1.165) is 17.7 Å². The zero-order valence-corrected chi connectivity index (χ0v) is 14.2. The first-order valence-corrected chi connectivity index (χ1v) is 8.09. The lowest BCUT2D eigenvalue weighted by atomic mass is 9.86. The van der Waals surface area contributed by atoms with Gasteiger partial charge in [0.15, 0.2) is 5.11 Å². The van der Waals surface area contributed by atoms with Crippen molar-refractivity contribution in [1.29, 1.82) is 5.26 Å². The van der Waals surface area contributed by atoms with E-state index in [1.807, 2.05) is 24.6 Å². The average Bonchev–Trinajstić information content (AvgIpc) is 2.77. The Morgan fingerprint density at radius 2 is 2.23 bits per heavy atom. The fourth-order valence-corrected chi connectivity index (χ4v) is 3.06. The molecule has 1 saturated carbocycles. The predicted molar refractivity (Wildman–Crippen MR) is 92.7 cm³/mol. The summed E-state index contributed by atoms with van der Waals surface area (Å²) < 4.78 is 1.85. The molecule has 0 aromatic carbocycles. The van der Waals surface area contributed by atoms with Gasteiger partial charge in [0.1, 0.15) is 11.8 Å². The van der Waals surface area contributed by atoms with Crippen LogP contribution in [0.5, 0.6) is 0 Å². The van der Waals surface area contributed by atoms with Gasteiger partial charge < -0.3 is 9.88 Å². The van der Waals surface area contributed by atoms with Gasteiger partial charge >= 0.3 is 0 Å². The van der Waals surface area contributed by atoms with Crippen LogP contribution in [0.3, 0.4) is 0 Å². The molecule has 0 bridgehead atoms. The molecule has 1 fully saturated rings. The molecule has 0 spiro atoms. The number of rotatable bonds is 3. The molecule has 1 heterocycles. The van der Waals surface area contributed by atoms with Gasteiger partial charge in [-0.25, -0.2) is 0 Å². The van der Waals surface area contributed by atoms with Gasteiger partial charge in [-0.1, -0.05) is 19.8 Å². The highest BCUT2D eigenvalue weighted by Crippen LogP contribution is 2.23. The van der Waals surface area contributed by atoms with E-state index in [2.05, 4.69) is 28.8 Å². The van der Waals surface area contributed by atoms with Crippen molar-refractivity contribution in [2.45, 2.75) is 45.6 Å². The maximum absolute atomic E-state index is 9.02. The molecule has 1 aromatic heterocycles. The fraction of sp³-hybridized carbons (Fsp3) is 0.562. The molecule has 0 saturated heterocycles. The van der Waals surface area contributed by atoms with Gasteiger partial charge in [0.2, 0.25) is 0 Å². The minimum Gasteiger partial charge on any atom is -0.358 e. The molecule has 1 aliphatic rings. The third-order valence-electron chi connectivity index (χ3n) is 4.49. The van der Waals surface area contributed by atoms with Gasteiger partial charge in [-0.3, -0.25) is 5.43 Å². The van der Waals surface area contributed by atoms with Crippen molar-refractivity contribution in [3.8, 4) is 6.07 Å². The second-order valence-electron chi connectivity index (χ2n) is 5.95. The van der Waals surface area contributed by atoms with Crippen LogP contribution >= 0.6 is 12.2 Å². The van der Waals surface area contributed by atoms with Crippen molar-refractivity contribution >= 4 is 23.5 Å². The monoisotopic (exact) mass is 317 g/mol. The minimum atomic E-state index is 0.438. The molecule has 6 heteroatoms. The summed E-state index contributed by atoms with van der Waals surface area (Å²) in [4.78, 5) is 0. The second kappa shape index (κ2) is 7.41. The first-order chi connectivity index (χ1) is 10.5. The number of nitriles is 1. The van der Waals surface area contributed by atoms with Gasteiger partial charge in [0.25, 0.3) is 0 Å². The van der Waals surface area contributed by atoms with Crippen molar-refractivity contribution in [3.05, 3.63) is 23.0 Å². The van der Waals surface area contributed by atoms with Gasteiger partial charge in [-0.15, -0.1) is 0 Å². The molecule has 2 atom stereocenters. The molecule has 118 valence electrons. The Kier molecular flexibility index (Phi) is 5.56. The van der Waals surface area contributed by atoms with Crippen LogP contribution in [0.1, 0.15) is 49.6 Å². The Bertz CT molecular complexity index is 611. The van der Waals surface area contributed by atoms with Gasteiger partial charge in [-0.2, -0.15) is 10.4 Å². The van der Waals surface area contributed by atoms with Gasteiger partial charge in [0, 0.05) is 24.3 Å². The van der Waals surface area contributed by atoms with E-state index in [9.17, 15) is 0 Å². The van der Waals surface area contributed by atoms with E-state index in [0.29, 0.717) is 22.8 Å². The standard InChI is InChI=1S/C16H23N5S/c1-11-6-4-5-7-15(11)19-16(22)20-18-10-13-8-14(9-17)21(3)12(13)2/h8,10-11,15H,4-7H2,1-3H3,(H2,19,20,22)/b18-10-/t11-,15-/m1/s1. The summed E-state index contributed by atoms with van der Waals surface area (Å²) in [5.74, 6) is 0.645. The van der Waals surface area contributed by atoms with Gasteiger partial charge in [0.05, 0.1) is 6.21 Å². The zero-order chi connectivity index (χ0) is 16.1. The summed E-state index contributed by atoms with van der Waals surface area (Å²) in [5, 5.41) is 17.1. The quantitative estimate of drug-likeness (QED) is 0.511. The molecule has 2 rings (SSSR count). The molecule has 0 radical (unpaired) electrons. The normalized spacial score (nSPS) is 21.5. The van der Waals surface area contributed by atoms with Crippen molar-refractivity contribution in [1.82, 2.24) is 15.3 Å². The molecular formula is C16H23N5S. The Morgan fingerprint density at radius 1 is 1.50 bits per heavy atom. The SMILES string of the molecule is Cc1c(/C=N\NC(=S)N[C@@H]2CCCC[C@H]2C)cc(C#N)n1C. The van der Waals surface area contributed by atoms with Crippen LogP contribution in [-0.4, -0.2) is 21.9 Å². The molecule has 2 N–H and O–H groups in total. The van der Waals surface area contributed by atoms with Crippen molar-refractivity contribution in [3.63, 3.8) is 0 Å². The Hall–Kier alpha value is -1.87. The smallest absolute Gasteiger partial charge is 0.187 e. The number of nitrogens with one attached hydrogen (secondary N) is 2. The first kappa shape index (κ1) is 16.5. The van der Waals surface area contributed by atoms with E-state index < -0.39 is 0 Å².